The number of fused-ring (bicyclic) bond motifs is 1. The van der Waals surface area contributed by atoms with Crippen LogP contribution in [0.5, 0.6) is 11.5 Å². The molecular formula is C24H21IO2. The van der Waals surface area contributed by atoms with Gasteiger partial charge in [0.2, 0.25) is 0 Å². The van der Waals surface area contributed by atoms with E-state index < -0.39 is 0 Å². The zero-order valence-electron chi connectivity index (χ0n) is 15.6. The van der Waals surface area contributed by atoms with Gasteiger partial charge in [-0.05, 0) is 89.5 Å². The first kappa shape index (κ1) is 18.1. The van der Waals surface area contributed by atoms with Crippen molar-refractivity contribution >= 4 is 33.7 Å². The summed E-state index contributed by atoms with van der Waals surface area (Å²) in [4.78, 5) is 0. The van der Waals surface area contributed by atoms with Crippen LogP contribution in [0.1, 0.15) is 35.3 Å². The van der Waals surface area contributed by atoms with Crippen molar-refractivity contribution in [1.29, 1.82) is 0 Å². The van der Waals surface area contributed by atoms with Gasteiger partial charge in [-0.15, -0.1) is 0 Å². The molecule has 1 aliphatic heterocycles. The quantitative estimate of drug-likeness (QED) is 0.400. The lowest BCUT2D eigenvalue weighted by Crippen LogP contribution is -2.16. The Hall–Kier alpha value is -2.27. The molecule has 3 aromatic rings. The summed E-state index contributed by atoms with van der Waals surface area (Å²) >= 11 is 2.33. The Balaban J connectivity index is 1.93. The molecule has 0 N–H and O–H groups in total. The summed E-state index contributed by atoms with van der Waals surface area (Å²) in [6.45, 7) is 4.30. The number of ether oxygens (including phenoxy) is 2. The maximum Gasteiger partial charge on any atom is 0.150 e. The number of rotatable bonds is 3. The molecule has 1 atom stereocenters. The van der Waals surface area contributed by atoms with Gasteiger partial charge in [0.05, 0.1) is 7.11 Å². The molecule has 0 aliphatic carbocycles. The van der Waals surface area contributed by atoms with Crippen LogP contribution >= 0.6 is 22.6 Å². The van der Waals surface area contributed by atoms with Gasteiger partial charge < -0.3 is 9.47 Å². The Morgan fingerprint density at radius 2 is 1.70 bits per heavy atom. The Morgan fingerprint density at radius 3 is 2.44 bits per heavy atom. The van der Waals surface area contributed by atoms with Gasteiger partial charge in [0, 0.05) is 14.7 Å². The maximum atomic E-state index is 6.52. The van der Waals surface area contributed by atoms with Crippen LogP contribution in [0.4, 0.5) is 0 Å². The first-order chi connectivity index (χ1) is 13.1. The van der Waals surface area contributed by atoms with Crippen LogP contribution in [0.25, 0.3) is 11.1 Å². The van der Waals surface area contributed by atoms with Crippen LogP contribution in [0.3, 0.4) is 0 Å². The Bertz CT molecular complexity index is 1020. The number of hydrogen-bond acceptors (Lipinski definition) is 2. The zero-order valence-corrected chi connectivity index (χ0v) is 17.8. The molecule has 0 spiro atoms. The second kappa shape index (κ2) is 7.39. The van der Waals surface area contributed by atoms with E-state index in [0.29, 0.717) is 0 Å². The van der Waals surface area contributed by atoms with Crippen molar-refractivity contribution < 1.29 is 9.47 Å². The molecule has 136 valence electrons. The summed E-state index contributed by atoms with van der Waals surface area (Å²) in [7, 11) is 1.70. The molecule has 4 rings (SSSR count). The van der Waals surface area contributed by atoms with Crippen LogP contribution < -0.4 is 9.47 Å². The first-order valence-corrected chi connectivity index (χ1v) is 10.0. The normalized spacial score (nSPS) is 15.9. The topological polar surface area (TPSA) is 18.5 Å². The van der Waals surface area contributed by atoms with Crippen LogP contribution in [0, 0.1) is 10.5 Å². The van der Waals surface area contributed by atoms with E-state index in [1.165, 1.54) is 20.3 Å². The largest absolute Gasteiger partial charge is 0.497 e. The summed E-state index contributed by atoms with van der Waals surface area (Å²) in [6, 6.07) is 23.2. The van der Waals surface area contributed by atoms with Gasteiger partial charge in [-0.2, -0.15) is 0 Å². The number of aryl methyl sites for hydroxylation is 1. The fourth-order valence-electron chi connectivity index (χ4n) is 3.60. The van der Waals surface area contributed by atoms with E-state index in [1.54, 1.807) is 7.11 Å². The summed E-state index contributed by atoms with van der Waals surface area (Å²) in [5.41, 5.74) is 7.11. The fourth-order valence-corrected chi connectivity index (χ4v) is 3.96. The van der Waals surface area contributed by atoms with E-state index >= 15 is 0 Å². The van der Waals surface area contributed by atoms with Crippen LogP contribution in [-0.4, -0.2) is 7.11 Å². The predicted molar refractivity (Wildman–Crippen MR) is 119 cm³/mol. The third kappa shape index (κ3) is 3.48. The van der Waals surface area contributed by atoms with Crippen LogP contribution in [-0.2, 0) is 0 Å². The second-order valence-corrected chi connectivity index (χ2v) is 8.07. The molecule has 0 aromatic heterocycles. The highest BCUT2D eigenvalue weighted by atomic mass is 127. The van der Waals surface area contributed by atoms with Crippen molar-refractivity contribution in [3.8, 4) is 11.5 Å². The summed E-state index contributed by atoms with van der Waals surface area (Å²) < 4.78 is 13.2. The molecule has 0 saturated carbocycles. The molecule has 0 fully saturated rings. The Morgan fingerprint density at radius 1 is 0.926 bits per heavy atom. The van der Waals surface area contributed by atoms with Crippen molar-refractivity contribution in [2.75, 3.05) is 7.11 Å². The van der Waals surface area contributed by atoms with Gasteiger partial charge in [-0.3, -0.25) is 0 Å². The molecule has 27 heavy (non-hydrogen) atoms. The van der Waals surface area contributed by atoms with Crippen molar-refractivity contribution in [2.45, 2.75) is 20.0 Å². The van der Waals surface area contributed by atoms with Gasteiger partial charge >= 0.3 is 0 Å². The van der Waals surface area contributed by atoms with Crippen molar-refractivity contribution in [2.24, 2.45) is 0 Å². The standard InChI is InChI=1S/C24H21IO2/c1-15-7-12-22-21(13-15)16(2)23(18-5-4-6-20(14-18)26-3)24(27-22)17-8-10-19(25)11-9-17/h4-14,24H,1-3H3. The fraction of sp³-hybridized carbons (Fsp3) is 0.167. The molecule has 1 unspecified atom stereocenters. The minimum atomic E-state index is -0.149. The predicted octanol–water partition coefficient (Wildman–Crippen LogP) is 6.67. The number of benzene rings is 3. The number of hydrogen-bond donors (Lipinski definition) is 0. The lowest BCUT2D eigenvalue weighted by molar-refractivity contribution is 0.260. The smallest absolute Gasteiger partial charge is 0.150 e. The summed E-state index contributed by atoms with van der Waals surface area (Å²) in [6.07, 6.45) is -0.149. The molecule has 3 heteroatoms. The minimum absolute atomic E-state index is 0.149. The molecular weight excluding hydrogens is 447 g/mol. The van der Waals surface area contributed by atoms with Crippen LogP contribution in [0.15, 0.2) is 66.7 Å². The van der Waals surface area contributed by atoms with Gasteiger partial charge in [0.25, 0.3) is 0 Å². The average molecular weight is 468 g/mol. The van der Waals surface area contributed by atoms with E-state index in [2.05, 4.69) is 91.0 Å². The monoisotopic (exact) mass is 468 g/mol. The second-order valence-electron chi connectivity index (χ2n) is 6.82. The minimum Gasteiger partial charge on any atom is -0.497 e. The number of halogens is 1. The van der Waals surface area contributed by atoms with E-state index in [9.17, 15) is 0 Å². The summed E-state index contributed by atoms with van der Waals surface area (Å²) in [5, 5.41) is 0. The third-order valence-electron chi connectivity index (χ3n) is 5.00. The van der Waals surface area contributed by atoms with Crippen molar-refractivity contribution in [3.05, 3.63) is 92.6 Å². The molecule has 3 aromatic carbocycles. The lowest BCUT2D eigenvalue weighted by atomic mass is 9.86. The molecule has 0 radical (unpaired) electrons. The molecule has 1 aliphatic rings. The molecule has 0 bridgehead atoms. The number of allylic oxidation sites excluding steroid dienone is 1. The van der Waals surface area contributed by atoms with E-state index in [-0.39, 0.29) is 6.10 Å². The maximum absolute atomic E-state index is 6.52. The molecule has 1 heterocycles. The van der Waals surface area contributed by atoms with Crippen molar-refractivity contribution in [3.63, 3.8) is 0 Å². The van der Waals surface area contributed by atoms with Gasteiger partial charge in [-0.25, -0.2) is 0 Å². The highest BCUT2D eigenvalue weighted by Crippen LogP contribution is 2.47. The van der Waals surface area contributed by atoms with Crippen molar-refractivity contribution in [1.82, 2.24) is 0 Å². The van der Waals surface area contributed by atoms with Gasteiger partial charge in [-0.1, -0.05) is 35.9 Å². The first-order valence-electron chi connectivity index (χ1n) is 8.95. The van der Waals surface area contributed by atoms with E-state index in [1.807, 2.05) is 12.1 Å². The van der Waals surface area contributed by atoms with Crippen LogP contribution in [0.2, 0.25) is 0 Å². The lowest BCUT2D eigenvalue weighted by Gasteiger charge is -2.31. The Labute approximate surface area is 174 Å². The SMILES string of the molecule is COc1cccc(C2=C(C)c3cc(C)ccc3OC2c2ccc(I)cc2)c1. The van der Waals surface area contributed by atoms with Gasteiger partial charge in [0.15, 0.2) is 0 Å². The highest BCUT2D eigenvalue weighted by molar-refractivity contribution is 14.1. The third-order valence-corrected chi connectivity index (χ3v) is 5.72. The average Bonchev–Trinajstić information content (AvgIpc) is 2.69. The van der Waals surface area contributed by atoms with E-state index in [0.717, 1.165) is 28.2 Å². The van der Waals surface area contributed by atoms with E-state index in [4.69, 9.17) is 9.47 Å². The molecule has 0 amide bonds. The highest BCUT2D eigenvalue weighted by Gasteiger charge is 2.29. The summed E-state index contributed by atoms with van der Waals surface area (Å²) in [5.74, 6) is 1.79. The molecule has 2 nitrogen and oxygen atoms in total. The Kier molecular flexibility index (Phi) is 4.96. The zero-order chi connectivity index (χ0) is 19.0. The molecule has 0 saturated heterocycles. The number of methoxy groups -OCH3 is 1. The van der Waals surface area contributed by atoms with Gasteiger partial charge in [0.1, 0.15) is 17.6 Å².